The van der Waals surface area contributed by atoms with Crippen LogP contribution < -0.4 is 5.32 Å². The number of carbonyl (C=O) groups is 2. The fourth-order valence-corrected chi connectivity index (χ4v) is 2.87. The van der Waals surface area contributed by atoms with Crippen molar-refractivity contribution in [2.75, 3.05) is 20.3 Å². The van der Waals surface area contributed by atoms with Crippen LogP contribution in [0.25, 0.3) is 10.6 Å². The first kappa shape index (κ1) is 19.1. The lowest BCUT2D eigenvalue weighted by molar-refractivity contribution is -0.129. The van der Waals surface area contributed by atoms with Gasteiger partial charge in [0, 0.05) is 24.6 Å². The number of amides is 1. The van der Waals surface area contributed by atoms with E-state index in [2.05, 4.69) is 17.2 Å². The number of methoxy groups -OCH3 is 1. The van der Waals surface area contributed by atoms with E-state index in [1.165, 1.54) is 23.8 Å². The topological polar surface area (TPSA) is 77.5 Å². The Balaban J connectivity index is 1.96. The number of carbonyl (C=O) groups excluding carboxylic acids is 2. The van der Waals surface area contributed by atoms with E-state index >= 15 is 0 Å². The lowest BCUT2D eigenvalue weighted by Gasteiger charge is -2.12. The predicted octanol–water partition coefficient (Wildman–Crippen LogP) is 2.68. The molecule has 2 aromatic rings. The maximum atomic E-state index is 12.2. The summed E-state index contributed by atoms with van der Waals surface area (Å²) >= 11 is 1.37. The molecule has 0 fully saturated rings. The van der Waals surface area contributed by atoms with Gasteiger partial charge in [-0.2, -0.15) is 0 Å². The molecule has 1 N–H and O–H groups in total. The SMILES string of the molecule is CCc1ccc(-c2nc(C(=O)O[C@@H](C)C(=O)NCCOC)cs2)cc1. The smallest absolute Gasteiger partial charge is 0.358 e. The predicted molar refractivity (Wildman–Crippen MR) is 96.7 cm³/mol. The second kappa shape index (κ2) is 9.29. The minimum absolute atomic E-state index is 0.205. The van der Waals surface area contributed by atoms with Gasteiger partial charge >= 0.3 is 5.97 Å². The number of aryl methyl sites for hydroxylation is 1. The van der Waals surface area contributed by atoms with Gasteiger partial charge in [-0.25, -0.2) is 9.78 Å². The van der Waals surface area contributed by atoms with E-state index in [1.54, 1.807) is 12.5 Å². The van der Waals surface area contributed by atoms with E-state index < -0.39 is 12.1 Å². The van der Waals surface area contributed by atoms with Gasteiger partial charge in [-0.15, -0.1) is 11.3 Å². The van der Waals surface area contributed by atoms with Crippen molar-refractivity contribution in [1.29, 1.82) is 0 Å². The van der Waals surface area contributed by atoms with Crippen LogP contribution in [0.2, 0.25) is 0 Å². The van der Waals surface area contributed by atoms with Crippen LogP contribution in [0.1, 0.15) is 29.9 Å². The number of thiazole rings is 1. The van der Waals surface area contributed by atoms with Crippen LogP contribution in [0.5, 0.6) is 0 Å². The average Bonchev–Trinajstić information content (AvgIpc) is 3.12. The van der Waals surface area contributed by atoms with Crippen molar-refractivity contribution in [2.45, 2.75) is 26.4 Å². The van der Waals surface area contributed by atoms with Gasteiger partial charge in [0.15, 0.2) is 11.8 Å². The summed E-state index contributed by atoms with van der Waals surface area (Å²) in [6, 6.07) is 8.06. The van der Waals surface area contributed by atoms with Crippen LogP contribution in [-0.4, -0.2) is 43.2 Å². The third-order valence-corrected chi connectivity index (χ3v) is 4.47. The maximum Gasteiger partial charge on any atom is 0.358 e. The fraction of sp³-hybridized carbons (Fsp3) is 0.389. The molecule has 0 saturated heterocycles. The first-order chi connectivity index (χ1) is 12.0. The van der Waals surface area contributed by atoms with Gasteiger partial charge in [-0.05, 0) is 18.9 Å². The largest absolute Gasteiger partial charge is 0.448 e. The molecule has 0 spiro atoms. The summed E-state index contributed by atoms with van der Waals surface area (Å²) in [7, 11) is 1.55. The van der Waals surface area contributed by atoms with Gasteiger partial charge in [0.1, 0.15) is 5.01 Å². The van der Waals surface area contributed by atoms with E-state index in [1.807, 2.05) is 24.3 Å². The van der Waals surface area contributed by atoms with Crippen molar-refractivity contribution in [2.24, 2.45) is 0 Å². The van der Waals surface area contributed by atoms with Crippen molar-refractivity contribution in [1.82, 2.24) is 10.3 Å². The van der Waals surface area contributed by atoms with E-state index in [4.69, 9.17) is 9.47 Å². The van der Waals surface area contributed by atoms with Crippen LogP contribution in [0.15, 0.2) is 29.6 Å². The van der Waals surface area contributed by atoms with Crippen LogP contribution in [0.3, 0.4) is 0 Å². The number of esters is 1. The van der Waals surface area contributed by atoms with Crippen molar-refractivity contribution in [3.63, 3.8) is 0 Å². The molecule has 1 heterocycles. The van der Waals surface area contributed by atoms with Gasteiger partial charge in [-0.3, -0.25) is 4.79 Å². The number of aromatic nitrogens is 1. The third-order valence-electron chi connectivity index (χ3n) is 3.58. The molecule has 1 atom stereocenters. The molecular weight excluding hydrogens is 340 g/mol. The highest BCUT2D eigenvalue weighted by atomic mass is 32.1. The van der Waals surface area contributed by atoms with Crippen molar-refractivity contribution >= 4 is 23.2 Å². The Morgan fingerprint density at radius 1 is 1.28 bits per heavy atom. The minimum Gasteiger partial charge on any atom is -0.448 e. The highest BCUT2D eigenvalue weighted by Crippen LogP contribution is 2.24. The van der Waals surface area contributed by atoms with Gasteiger partial charge in [-0.1, -0.05) is 31.2 Å². The maximum absolute atomic E-state index is 12.2. The Morgan fingerprint density at radius 2 is 2.00 bits per heavy atom. The van der Waals surface area contributed by atoms with E-state index in [0.717, 1.165) is 17.0 Å². The second-order valence-electron chi connectivity index (χ2n) is 5.42. The molecule has 0 aliphatic carbocycles. The molecule has 1 amide bonds. The van der Waals surface area contributed by atoms with Gasteiger partial charge in [0.05, 0.1) is 6.61 Å². The molecule has 25 heavy (non-hydrogen) atoms. The number of nitrogens with zero attached hydrogens (tertiary/aromatic N) is 1. The standard InChI is InChI=1S/C18H22N2O4S/c1-4-13-5-7-14(8-6-13)17-20-15(11-25-17)18(22)24-12(2)16(21)19-9-10-23-3/h5-8,11-12H,4,9-10H2,1-3H3,(H,19,21)/t12-/m0/s1. The molecule has 0 aliphatic rings. The Bertz CT molecular complexity index is 712. The summed E-state index contributed by atoms with van der Waals surface area (Å²) in [5, 5.41) is 5.01. The first-order valence-electron chi connectivity index (χ1n) is 8.07. The quantitative estimate of drug-likeness (QED) is 0.577. The summed E-state index contributed by atoms with van der Waals surface area (Å²) in [5.41, 5.74) is 2.40. The number of rotatable bonds is 8. The van der Waals surface area contributed by atoms with Crippen LogP contribution in [-0.2, 0) is 20.7 Å². The number of hydrogen-bond acceptors (Lipinski definition) is 6. The summed E-state index contributed by atoms with van der Waals surface area (Å²) in [5.74, 6) is -0.974. The van der Waals surface area contributed by atoms with Crippen LogP contribution in [0, 0.1) is 0 Å². The van der Waals surface area contributed by atoms with Crippen molar-refractivity contribution in [3.8, 4) is 10.6 Å². The summed E-state index contributed by atoms with van der Waals surface area (Å²) in [6.07, 6.45) is 0.0819. The number of ether oxygens (including phenoxy) is 2. The van der Waals surface area contributed by atoms with Crippen LogP contribution in [0.4, 0.5) is 0 Å². The van der Waals surface area contributed by atoms with E-state index in [9.17, 15) is 9.59 Å². The van der Waals surface area contributed by atoms with E-state index in [0.29, 0.717) is 13.2 Å². The second-order valence-corrected chi connectivity index (χ2v) is 6.28. The van der Waals surface area contributed by atoms with Crippen molar-refractivity contribution in [3.05, 3.63) is 40.9 Å². The van der Waals surface area contributed by atoms with Crippen LogP contribution >= 0.6 is 11.3 Å². The molecular formula is C18H22N2O4S. The fourth-order valence-electron chi connectivity index (χ4n) is 2.08. The molecule has 1 aromatic carbocycles. The normalized spacial score (nSPS) is 11.8. The lowest BCUT2D eigenvalue weighted by atomic mass is 10.1. The Hall–Kier alpha value is -2.25. The van der Waals surface area contributed by atoms with E-state index in [-0.39, 0.29) is 11.6 Å². The summed E-state index contributed by atoms with van der Waals surface area (Å²) in [6.45, 7) is 4.39. The summed E-state index contributed by atoms with van der Waals surface area (Å²) < 4.78 is 10.0. The molecule has 6 nitrogen and oxygen atoms in total. The lowest BCUT2D eigenvalue weighted by Crippen LogP contribution is -2.37. The highest BCUT2D eigenvalue weighted by molar-refractivity contribution is 7.13. The zero-order valence-corrected chi connectivity index (χ0v) is 15.4. The van der Waals surface area contributed by atoms with Crippen molar-refractivity contribution < 1.29 is 19.1 Å². The van der Waals surface area contributed by atoms with Gasteiger partial charge in [0.2, 0.25) is 0 Å². The third kappa shape index (κ3) is 5.37. The minimum atomic E-state index is -0.890. The number of hydrogen-bond donors (Lipinski definition) is 1. The molecule has 1 aromatic heterocycles. The highest BCUT2D eigenvalue weighted by Gasteiger charge is 2.20. The molecule has 0 radical (unpaired) electrons. The Kier molecular flexibility index (Phi) is 7.09. The molecule has 0 aliphatic heterocycles. The zero-order chi connectivity index (χ0) is 18.2. The molecule has 2 rings (SSSR count). The monoisotopic (exact) mass is 362 g/mol. The van der Waals surface area contributed by atoms with Gasteiger partial charge in [0.25, 0.3) is 5.91 Å². The molecule has 0 saturated carbocycles. The molecule has 7 heteroatoms. The molecule has 0 unspecified atom stereocenters. The zero-order valence-electron chi connectivity index (χ0n) is 14.6. The number of nitrogens with one attached hydrogen (secondary N) is 1. The number of benzene rings is 1. The van der Waals surface area contributed by atoms with Gasteiger partial charge < -0.3 is 14.8 Å². The summed E-state index contributed by atoms with van der Waals surface area (Å²) in [4.78, 5) is 28.3. The molecule has 0 bridgehead atoms. The Morgan fingerprint density at radius 3 is 2.64 bits per heavy atom. The first-order valence-corrected chi connectivity index (χ1v) is 8.95. The average molecular weight is 362 g/mol. The Labute approximate surface area is 151 Å². The molecule has 134 valence electrons.